The van der Waals surface area contributed by atoms with Crippen molar-refractivity contribution in [2.45, 2.75) is 51.9 Å². The molecule has 2 fully saturated rings. The minimum Gasteiger partial charge on any atom is -0.396 e. The number of rotatable bonds is 5. The highest BCUT2D eigenvalue weighted by Crippen LogP contribution is 2.40. The van der Waals surface area contributed by atoms with Crippen molar-refractivity contribution in [2.75, 3.05) is 26.7 Å². The van der Waals surface area contributed by atoms with Gasteiger partial charge < -0.3 is 10.0 Å². The van der Waals surface area contributed by atoms with E-state index in [-0.39, 0.29) is 5.41 Å². The van der Waals surface area contributed by atoms with Crippen LogP contribution >= 0.6 is 0 Å². The summed E-state index contributed by atoms with van der Waals surface area (Å²) < 4.78 is 0. The fraction of sp³-hybridized carbons (Fsp3) is 1.00. The maximum absolute atomic E-state index is 9.79. The highest BCUT2D eigenvalue weighted by Gasteiger charge is 2.35. The van der Waals surface area contributed by atoms with E-state index in [1.54, 1.807) is 0 Å². The van der Waals surface area contributed by atoms with Crippen molar-refractivity contribution in [3.8, 4) is 0 Å². The number of aliphatic hydroxyl groups is 1. The SMILES string of the molecule is CC1CCCC(CO)(CN(C)CC2CCC2)C1. The van der Waals surface area contributed by atoms with Gasteiger partial charge in [-0.2, -0.15) is 0 Å². The molecule has 2 unspecified atom stereocenters. The minimum absolute atomic E-state index is 0.205. The monoisotopic (exact) mass is 239 g/mol. The molecule has 0 bridgehead atoms. The van der Waals surface area contributed by atoms with Gasteiger partial charge in [0.25, 0.3) is 0 Å². The van der Waals surface area contributed by atoms with E-state index in [0.717, 1.165) is 18.4 Å². The van der Waals surface area contributed by atoms with Crippen LogP contribution in [0.4, 0.5) is 0 Å². The summed E-state index contributed by atoms with van der Waals surface area (Å²) in [6.07, 6.45) is 9.38. The zero-order valence-electron chi connectivity index (χ0n) is 11.6. The molecule has 0 aromatic rings. The number of aliphatic hydroxyl groups excluding tert-OH is 1. The van der Waals surface area contributed by atoms with Gasteiger partial charge in [0, 0.05) is 25.1 Å². The van der Waals surface area contributed by atoms with Crippen LogP contribution in [0.2, 0.25) is 0 Å². The molecule has 0 spiro atoms. The molecule has 2 atom stereocenters. The summed E-state index contributed by atoms with van der Waals surface area (Å²) >= 11 is 0. The van der Waals surface area contributed by atoms with E-state index in [0.29, 0.717) is 6.61 Å². The molecule has 2 heteroatoms. The molecule has 2 nitrogen and oxygen atoms in total. The van der Waals surface area contributed by atoms with E-state index in [1.165, 1.54) is 51.5 Å². The van der Waals surface area contributed by atoms with Crippen LogP contribution in [0.3, 0.4) is 0 Å². The topological polar surface area (TPSA) is 23.5 Å². The van der Waals surface area contributed by atoms with Crippen molar-refractivity contribution in [3.05, 3.63) is 0 Å². The lowest BCUT2D eigenvalue weighted by molar-refractivity contribution is 0.0237. The molecule has 100 valence electrons. The van der Waals surface area contributed by atoms with Crippen molar-refractivity contribution < 1.29 is 5.11 Å². The van der Waals surface area contributed by atoms with E-state index in [2.05, 4.69) is 18.9 Å². The van der Waals surface area contributed by atoms with Gasteiger partial charge in [-0.05, 0) is 44.6 Å². The second-order valence-electron chi connectivity index (χ2n) is 6.85. The van der Waals surface area contributed by atoms with Gasteiger partial charge in [-0.3, -0.25) is 0 Å². The lowest BCUT2D eigenvalue weighted by Gasteiger charge is -2.42. The van der Waals surface area contributed by atoms with Gasteiger partial charge in [0.1, 0.15) is 0 Å². The fourth-order valence-corrected chi connectivity index (χ4v) is 3.86. The molecule has 2 aliphatic carbocycles. The van der Waals surface area contributed by atoms with Gasteiger partial charge in [0.2, 0.25) is 0 Å². The van der Waals surface area contributed by atoms with Crippen molar-refractivity contribution in [1.29, 1.82) is 0 Å². The standard InChI is InChI=1S/C15H29NO/c1-13-5-4-8-15(9-13,12-17)11-16(2)10-14-6-3-7-14/h13-14,17H,3-12H2,1-2H3. The van der Waals surface area contributed by atoms with Crippen LogP contribution in [-0.2, 0) is 0 Å². The number of nitrogens with zero attached hydrogens (tertiary/aromatic N) is 1. The molecule has 0 aromatic carbocycles. The maximum atomic E-state index is 9.79. The van der Waals surface area contributed by atoms with Crippen LogP contribution in [0, 0.1) is 17.3 Å². The van der Waals surface area contributed by atoms with Crippen LogP contribution in [0.5, 0.6) is 0 Å². The first-order valence-electron chi connectivity index (χ1n) is 7.43. The summed E-state index contributed by atoms with van der Waals surface area (Å²) in [5.74, 6) is 1.74. The summed E-state index contributed by atoms with van der Waals surface area (Å²) in [4.78, 5) is 2.48. The third-order valence-electron chi connectivity index (χ3n) is 4.92. The van der Waals surface area contributed by atoms with Crippen molar-refractivity contribution in [3.63, 3.8) is 0 Å². The van der Waals surface area contributed by atoms with Gasteiger partial charge in [-0.1, -0.05) is 26.2 Å². The first-order chi connectivity index (χ1) is 8.13. The molecule has 0 radical (unpaired) electrons. The molecular formula is C15H29NO. The predicted octanol–water partition coefficient (Wildman–Crippen LogP) is 2.91. The van der Waals surface area contributed by atoms with Crippen LogP contribution in [0.1, 0.15) is 51.9 Å². The molecule has 17 heavy (non-hydrogen) atoms. The molecule has 2 aliphatic rings. The first kappa shape index (κ1) is 13.4. The maximum Gasteiger partial charge on any atom is 0.0499 e. The van der Waals surface area contributed by atoms with E-state index >= 15 is 0 Å². The van der Waals surface area contributed by atoms with Crippen molar-refractivity contribution >= 4 is 0 Å². The van der Waals surface area contributed by atoms with E-state index < -0.39 is 0 Å². The Morgan fingerprint density at radius 3 is 2.53 bits per heavy atom. The van der Waals surface area contributed by atoms with Gasteiger partial charge in [-0.25, -0.2) is 0 Å². The van der Waals surface area contributed by atoms with Crippen LogP contribution in [0.15, 0.2) is 0 Å². The quantitative estimate of drug-likeness (QED) is 0.797. The summed E-state index contributed by atoms with van der Waals surface area (Å²) in [6, 6.07) is 0. The Bertz CT molecular complexity index is 239. The summed E-state index contributed by atoms with van der Waals surface area (Å²) in [5.41, 5.74) is 0.205. The fourth-order valence-electron chi connectivity index (χ4n) is 3.86. The molecule has 2 rings (SSSR count). The second-order valence-corrected chi connectivity index (χ2v) is 6.85. The smallest absolute Gasteiger partial charge is 0.0499 e. The third kappa shape index (κ3) is 3.45. The van der Waals surface area contributed by atoms with E-state index in [1.807, 2.05) is 0 Å². The van der Waals surface area contributed by atoms with Crippen LogP contribution in [0.25, 0.3) is 0 Å². The second kappa shape index (κ2) is 5.71. The highest BCUT2D eigenvalue weighted by molar-refractivity contribution is 4.88. The van der Waals surface area contributed by atoms with Crippen LogP contribution < -0.4 is 0 Å². The third-order valence-corrected chi connectivity index (χ3v) is 4.92. The molecule has 0 saturated heterocycles. The summed E-state index contributed by atoms with van der Waals surface area (Å²) in [7, 11) is 2.25. The Morgan fingerprint density at radius 1 is 1.24 bits per heavy atom. The van der Waals surface area contributed by atoms with Crippen LogP contribution in [-0.4, -0.2) is 36.8 Å². The number of hydrogen-bond acceptors (Lipinski definition) is 2. The Balaban J connectivity index is 1.84. The van der Waals surface area contributed by atoms with Gasteiger partial charge in [0.05, 0.1) is 0 Å². The molecule has 0 aromatic heterocycles. The number of hydrogen-bond donors (Lipinski definition) is 1. The highest BCUT2D eigenvalue weighted by atomic mass is 16.3. The van der Waals surface area contributed by atoms with E-state index in [9.17, 15) is 5.11 Å². The first-order valence-corrected chi connectivity index (χ1v) is 7.43. The Labute approximate surface area is 106 Å². The van der Waals surface area contributed by atoms with E-state index in [4.69, 9.17) is 0 Å². The Morgan fingerprint density at radius 2 is 2.00 bits per heavy atom. The molecule has 1 N–H and O–H groups in total. The lowest BCUT2D eigenvalue weighted by Crippen LogP contribution is -2.43. The molecule has 0 amide bonds. The predicted molar refractivity (Wildman–Crippen MR) is 72.0 cm³/mol. The minimum atomic E-state index is 0.205. The Hall–Kier alpha value is -0.0800. The van der Waals surface area contributed by atoms with Gasteiger partial charge in [-0.15, -0.1) is 0 Å². The van der Waals surface area contributed by atoms with Crippen molar-refractivity contribution in [1.82, 2.24) is 4.90 Å². The molecular weight excluding hydrogens is 210 g/mol. The van der Waals surface area contributed by atoms with Gasteiger partial charge >= 0.3 is 0 Å². The summed E-state index contributed by atoms with van der Waals surface area (Å²) in [5, 5.41) is 9.79. The van der Waals surface area contributed by atoms with Gasteiger partial charge in [0.15, 0.2) is 0 Å². The van der Waals surface area contributed by atoms with Crippen molar-refractivity contribution in [2.24, 2.45) is 17.3 Å². The Kier molecular flexibility index (Phi) is 4.48. The largest absolute Gasteiger partial charge is 0.396 e. The zero-order chi connectivity index (χ0) is 12.3. The molecule has 0 heterocycles. The lowest BCUT2D eigenvalue weighted by atomic mass is 9.70. The zero-order valence-corrected chi connectivity index (χ0v) is 11.6. The summed E-state index contributed by atoms with van der Waals surface area (Å²) in [6.45, 7) is 5.07. The average molecular weight is 239 g/mol. The molecule has 2 saturated carbocycles. The normalized spacial score (nSPS) is 34.9. The average Bonchev–Trinajstić information content (AvgIpc) is 2.23. The molecule has 0 aliphatic heterocycles.